The minimum absolute atomic E-state index is 0.0407. The van der Waals surface area contributed by atoms with Crippen LogP contribution in [0.15, 0.2) is 30.5 Å². The molecule has 1 N–H and O–H groups in total. The summed E-state index contributed by atoms with van der Waals surface area (Å²) >= 11 is 11.6. The highest BCUT2D eigenvalue weighted by molar-refractivity contribution is 6.34. The van der Waals surface area contributed by atoms with Crippen LogP contribution < -0.4 is 0 Å². The van der Waals surface area contributed by atoms with Crippen molar-refractivity contribution in [3.8, 4) is 11.6 Å². The monoisotopic (exact) mass is 228 g/mol. The Morgan fingerprint density at radius 1 is 1.14 bits per heavy atom. The summed E-state index contributed by atoms with van der Waals surface area (Å²) in [5.74, 6) is -0.0407. The van der Waals surface area contributed by atoms with Crippen molar-refractivity contribution in [2.45, 2.75) is 0 Å². The highest BCUT2D eigenvalue weighted by Crippen LogP contribution is 2.21. The SMILES string of the molecule is Oc1ccn(-c2cc(Cl)cc(Cl)c2)n1. The molecule has 3 nitrogen and oxygen atoms in total. The topological polar surface area (TPSA) is 38.0 Å². The molecule has 0 fully saturated rings. The van der Waals surface area contributed by atoms with Gasteiger partial charge in [0.2, 0.25) is 5.88 Å². The number of hydrogen-bond acceptors (Lipinski definition) is 2. The summed E-state index contributed by atoms with van der Waals surface area (Å²) in [6, 6.07) is 6.53. The Kier molecular flexibility index (Phi) is 2.35. The molecule has 0 bridgehead atoms. The van der Waals surface area contributed by atoms with Crippen molar-refractivity contribution in [3.05, 3.63) is 40.5 Å². The number of hydrogen-bond donors (Lipinski definition) is 1. The van der Waals surface area contributed by atoms with E-state index >= 15 is 0 Å². The van der Waals surface area contributed by atoms with Crippen LogP contribution in [0, 0.1) is 0 Å². The Morgan fingerprint density at radius 2 is 1.79 bits per heavy atom. The summed E-state index contributed by atoms with van der Waals surface area (Å²) in [6.45, 7) is 0. The third-order valence-electron chi connectivity index (χ3n) is 1.69. The number of nitrogens with zero attached hydrogens (tertiary/aromatic N) is 2. The normalized spacial score (nSPS) is 10.4. The van der Waals surface area contributed by atoms with Crippen molar-refractivity contribution in [3.63, 3.8) is 0 Å². The molecular formula is C9H6Cl2N2O. The van der Waals surface area contributed by atoms with Gasteiger partial charge in [-0.15, -0.1) is 5.10 Å². The summed E-state index contributed by atoms with van der Waals surface area (Å²) in [6.07, 6.45) is 1.62. The van der Waals surface area contributed by atoms with Gasteiger partial charge in [0, 0.05) is 22.3 Å². The molecule has 0 unspecified atom stereocenters. The van der Waals surface area contributed by atoms with Gasteiger partial charge in [-0.3, -0.25) is 0 Å². The van der Waals surface area contributed by atoms with E-state index in [4.69, 9.17) is 28.3 Å². The highest BCUT2D eigenvalue weighted by Gasteiger charge is 2.02. The summed E-state index contributed by atoms with van der Waals surface area (Å²) in [5.41, 5.74) is 0.711. The molecule has 0 aliphatic rings. The molecule has 1 aromatic carbocycles. The average Bonchev–Trinajstić information content (AvgIpc) is 2.50. The van der Waals surface area contributed by atoms with Gasteiger partial charge in [-0.05, 0) is 18.2 Å². The van der Waals surface area contributed by atoms with E-state index in [1.54, 1.807) is 24.4 Å². The van der Waals surface area contributed by atoms with Gasteiger partial charge in [0.15, 0.2) is 0 Å². The third kappa shape index (κ3) is 1.84. The lowest BCUT2D eigenvalue weighted by Gasteiger charge is -2.02. The van der Waals surface area contributed by atoms with Crippen LogP contribution in [-0.4, -0.2) is 14.9 Å². The van der Waals surface area contributed by atoms with Gasteiger partial charge in [0.1, 0.15) is 0 Å². The first kappa shape index (κ1) is 9.37. The Bertz CT molecular complexity index is 447. The molecule has 0 atom stereocenters. The van der Waals surface area contributed by atoms with Crippen molar-refractivity contribution in [2.24, 2.45) is 0 Å². The zero-order chi connectivity index (χ0) is 10.1. The minimum Gasteiger partial charge on any atom is -0.492 e. The van der Waals surface area contributed by atoms with Gasteiger partial charge in [0.05, 0.1) is 5.69 Å². The van der Waals surface area contributed by atoms with Crippen molar-refractivity contribution in [1.29, 1.82) is 0 Å². The largest absolute Gasteiger partial charge is 0.492 e. The van der Waals surface area contributed by atoms with Crippen LogP contribution in [0.4, 0.5) is 0 Å². The number of benzene rings is 1. The number of halogens is 2. The van der Waals surface area contributed by atoms with E-state index in [1.165, 1.54) is 10.7 Å². The standard InChI is InChI=1S/C9H6Cl2N2O/c10-6-3-7(11)5-8(4-6)13-2-1-9(14)12-13/h1-5H,(H,12,14). The molecule has 2 rings (SSSR count). The fourth-order valence-corrected chi connectivity index (χ4v) is 1.64. The first-order valence-corrected chi connectivity index (χ1v) is 4.62. The van der Waals surface area contributed by atoms with Gasteiger partial charge in [-0.1, -0.05) is 23.2 Å². The Hall–Kier alpha value is -1.19. The molecule has 1 aromatic heterocycles. The lowest BCUT2D eigenvalue weighted by atomic mass is 10.3. The number of rotatable bonds is 1. The second kappa shape index (κ2) is 3.52. The van der Waals surface area contributed by atoms with Gasteiger partial charge >= 0.3 is 0 Å². The zero-order valence-electron chi connectivity index (χ0n) is 6.98. The van der Waals surface area contributed by atoms with Crippen LogP contribution in [0.1, 0.15) is 0 Å². The fraction of sp³-hybridized carbons (Fsp3) is 0. The van der Waals surface area contributed by atoms with Crippen molar-refractivity contribution in [1.82, 2.24) is 9.78 Å². The number of aromatic nitrogens is 2. The molecule has 0 radical (unpaired) electrons. The smallest absolute Gasteiger partial charge is 0.230 e. The van der Waals surface area contributed by atoms with Crippen LogP contribution in [-0.2, 0) is 0 Å². The van der Waals surface area contributed by atoms with E-state index in [0.29, 0.717) is 15.7 Å². The van der Waals surface area contributed by atoms with E-state index < -0.39 is 0 Å². The van der Waals surface area contributed by atoms with E-state index in [1.807, 2.05) is 0 Å². The van der Waals surface area contributed by atoms with E-state index in [9.17, 15) is 0 Å². The molecule has 72 valence electrons. The van der Waals surface area contributed by atoms with Crippen molar-refractivity contribution in [2.75, 3.05) is 0 Å². The molecule has 1 heterocycles. The van der Waals surface area contributed by atoms with E-state index in [2.05, 4.69) is 5.10 Å². The lowest BCUT2D eigenvalue weighted by molar-refractivity contribution is 0.448. The van der Waals surface area contributed by atoms with Crippen molar-refractivity contribution < 1.29 is 5.11 Å². The van der Waals surface area contributed by atoms with Gasteiger partial charge in [-0.25, -0.2) is 4.68 Å². The molecule has 0 aliphatic heterocycles. The number of aromatic hydroxyl groups is 1. The molecule has 0 saturated carbocycles. The minimum atomic E-state index is -0.0407. The second-order valence-corrected chi connectivity index (χ2v) is 3.62. The Labute approximate surface area is 90.5 Å². The molecule has 0 saturated heterocycles. The molecule has 14 heavy (non-hydrogen) atoms. The van der Waals surface area contributed by atoms with Crippen LogP contribution in [0.3, 0.4) is 0 Å². The summed E-state index contributed by atoms with van der Waals surface area (Å²) in [7, 11) is 0. The molecule has 0 aliphatic carbocycles. The summed E-state index contributed by atoms with van der Waals surface area (Å²) in [5, 5.41) is 13.9. The average molecular weight is 229 g/mol. The Morgan fingerprint density at radius 3 is 2.29 bits per heavy atom. The fourth-order valence-electron chi connectivity index (χ4n) is 1.13. The molecular weight excluding hydrogens is 223 g/mol. The first-order chi connectivity index (χ1) is 6.65. The summed E-state index contributed by atoms with van der Waals surface area (Å²) < 4.78 is 1.49. The van der Waals surface area contributed by atoms with Crippen molar-refractivity contribution >= 4 is 23.2 Å². The van der Waals surface area contributed by atoms with Crippen LogP contribution in [0.25, 0.3) is 5.69 Å². The molecule has 2 aromatic rings. The van der Waals surface area contributed by atoms with E-state index in [0.717, 1.165) is 0 Å². The Balaban J connectivity index is 2.51. The highest BCUT2D eigenvalue weighted by atomic mass is 35.5. The molecule has 5 heteroatoms. The first-order valence-electron chi connectivity index (χ1n) is 3.86. The maximum Gasteiger partial charge on any atom is 0.230 e. The predicted octanol–water partition coefficient (Wildman–Crippen LogP) is 2.88. The lowest BCUT2D eigenvalue weighted by Crippen LogP contribution is -1.93. The van der Waals surface area contributed by atoms with Crippen LogP contribution in [0.5, 0.6) is 5.88 Å². The van der Waals surface area contributed by atoms with Gasteiger partial charge in [-0.2, -0.15) is 0 Å². The van der Waals surface area contributed by atoms with Crippen LogP contribution >= 0.6 is 23.2 Å². The maximum absolute atomic E-state index is 9.06. The van der Waals surface area contributed by atoms with Gasteiger partial charge < -0.3 is 5.11 Å². The van der Waals surface area contributed by atoms with Crippen LogP contribution in [0.2, 0.25) is 10.0 Å². The third-order valence-corrected chi connectivity index (χ3v) is 2.12. The summed E-state index contributed by atoms with van der Waals surface area (Å²) in [4.78, 5) is 0. The molecule has 0 spiro atoms. The molecule has 0 amide bonds. The van der Waals surface area contributed by atoms with E-state index in [-0.39, 0.29) is 5.88 Å². The second-order valence-electron chi connectivity index (χ2n) is 2.75. The predicted molar refractivity (Wildman–Crippen MR) is 55.2 cm³/mol. The quantitative estimate of drug-likeness (QED) is 0.816. The zero-order valence-corrected chi connectivity index (χ0v) is 8.50. The van der Waals surface area contributed by atoms with Gasteiger partial charge in [0.25, 0.3) is 0 Å². The maximum atomic E-state index is 9.06.